The highest BCUT2D eigenvalue weighted by molar-refractivity contribution is 5.23. The lowest BCUT2D eigenvalue weighted by Crippen LogP contribution is -2.71. The number of epoxide rings is 1. The fraction of sp³-hybridized carbons (Fsp3) is 1.00. The highest BCUT2D eigenvalue weighted by atomic mass is 16.8. The van der Waals surface area contributed by atoms with Gasteiger partial charge in [-0.3, -0.25) is 0 Å². The molecule has 32 N–H and O–H groups in total. The summed E-state index contributed by atoms with van der Waals surface area (Å²) in [5.41, 5.74) is -2.01. The molecule has 10 aliphatic heterocycles. The molecule has 1 aliphatic carbocycles. The van der Waals surface area contributed by atoms with Crippen LogP contribution in [-0.2, 0) is 85.3 Å². The monoisotopic (exact) mass is 1630 g/mol. The predicted octanol–water partition coefficient (Wildman–Crippen LogP) is -22.4. The van der Waals surface area contributed by atoms with Gasteiger partial charge in [0.25, 0.3) is 0 Å². The van der Waals surface area contributed by atoms with Crippen LogP contribution in [0.2, 0.25) is 0 Å². The van der Waals surface area contributed by atoms with Gasteiger partial charge in [-0.05, 0) is 6.92 Å². The number of ether oxygens (including phenoxy) is 18. The topological polar surface area (TPSA) is 809 Å². The average molecular weight is 1630 g/mol. The number of aliphatic hydroxyl groups excluding tert-OH is 31. The van der Waals surface area contributed by atoms with E-state index in [1.54, 1.807) is 0 Å². The van der Waals surface area contributed by atoms with Gasteiger partial charge in [-0.2, -0.15) is 0 Å². The molecule has 50 heteroatoms. The fourth-order valence-electron chi connectivity index (χ4n) is 15.5. The van der Waals surface area contributed by atoms with Crippen molar-refractivity contribution in [3.05, 3.63) is 0 Å². The Labute approximate surface area is 626 Å². The smallest absolute Gasteiger partial charge is 0.187 e. The van der Waals surface area contributed by atoms with Gasteiger partial charge in [-0.1, -0.05) is 0 Å². The summed E-state index contributed by atoms with van der Waals surface area (Å²) in [4.78, 5) is 0. The van der Waals surface area contributed by atoms with Gasteiger partial charge in [-0.25, -0.2) is 0 Å². The van der Waals surface area contributed by atoms with Crippen LogP contribution in [0.3, 0.4) is 0 Å². The van der Waals surface area contributed by atoms with E-state index in [4.69, 9.17) is 85.3 Å². The molecule has 0 spiro atoms. The molecule has 0 amide bonds. The van der Waals surface area contributed by atoms with Crippen molar-refractivity contribution in [2.45, 2.75) is 319 Å². The maximum atomic E-state index is 11.7. The zero-order valence-corrected chi connectivity index (χ0v) is 58.4. The van der Waals surface area contributed by atoms with Crippen LogP contribution in [0.25, 0.3) is 0 Å². The average Bonchev–Trinajstić information content (AvgIpc) is 1.53. The summed E-state index contributed by atoms with van der Waals surface area (Å²) in [5, 5.41) is 339. The summed E-state index contributed by atoms with van der Waals surface area (Å²) in [5.74, 6) is 0. The lowest BCUT2D eigenvalue weighted by Gasteiger charge is -2.50. The Kier molecular flexibility index (Phi) is 30.2. The summed E-state index contributed by atoms with van der Waals surface area (Å²) in [6, 6.07) is -2.96. The molecule has 0 radical (unpaired) electrons. The van der Waals surface area contributed by atoms with Crippen LogP contribution in [-0.4, -0.2) is 530 Å². The van der Waals surface area contributed by atoms with Crippen LogP contribution in [0.1, 0.15) is 6.92 Å². The highest BCUT2D eigenvalue weighted by Gasteiger charge is 2.74. The van der Waals surface area contributed by atoms with E-state index in [-0.39, 0.29) is 0 Å². The number of hydrogen-bond acceptors (Lipinski definition) is 50. The second-order valence-corrected chi connectivity index (χ2v) is 29.0. The first-order chi connectivity index (χ1) is 52.6. The third kappa shape index (κ3) is 17.4. The van der Waals surface area contributed by atoms with E-state index in [0.717, 1.165) is 0 Å². The number of rotatable bonds is 27. The number of hydrogen-bond donors (Lipinski definition) is 32. The zero-order chi connectivity index (χ0) is 81.2. The quantitative estimate of drug-likeness (QED) is 0.0340. The maximum absolute atomic E-state index is 11.7. The third-order valence-electron chi connectivity index (χ3n) is 22.0. The van der Waals surface area contributed by atoms with Gasteiger partial charge < -0.3 is 249 Å². The van der Waals surface area contributed by atoms with Crippen LogP contribution in [0.15, 0.2) is 0 Å². The van der Waals surface area contributed by atoms with Crippen LogP contribution < -0.4 is 5.32 Å². The molecular formula is C61H103NO49. The Morgan fingerprint density at radius 1 is 0.243 bits per heavy atom. The predicted molar refractivity (Wildman–Crippen MR) is 333 cm³/mol. The molecule has 11 rings (SSSR count). The van der Waals surface area contributed by atoms with E-state index in [1.807, 2.05) is 0 Å². The molecule has 111 heavy (non-hydrogen) atoms. The van der Waals surface area contributed by atoms with Gasteiger partial charge in [0.15, 0.2) is 56.6 Å². The number of nitrogens with one attached hydrogen (secondary N) is 1. The largest absolute Gasteiger partial charge is 0.394 e. The summed E-state index contributed by atoms with van der Waals surface area (Å²) in [7, 11) is 0. The van der Waals surface area contributed by atoms with Crippen molar-refractivity contribution in [1.82, 2.24) is 5.32 Å². The maximum Gasteiger partial charge on any atom is 0.187 e. The molecule has 0 aromatic carbocycles. The molecule has 0 aromatic rings. The molecular weight excluding hydrogens is 1530 g/mol. The minimum atomic E-state index is -2.26. The van der Waals surface area contributed by atoms with Crippen LogP contribution in [0.5, 0.6) is 0 Å². The Morgan fingerprint density at radius 2 is 0.486 bits per heavy atom. The molecule has 0 bridgehead atoms. The van der Waals surface area contributed by atoms with Crippen LogP contribution in [0.4, 0.5) is 0 Å². The molecule has 1 saturated carbocycles. The van der Waals surface area contributed by atoms with Crippen molar-refractivity contribution in [2.24, 2.45) is 0 Å². The second kappa shape index (κ2) is 37.3. The van der Waals surface area contributed by atoms with Crippen molar-refractivity contribution in [3.63, 3.8) is 0 Å². The van der Waals surface area contributed by atoms with E-state index in [9.17, 15) is 158 Å². The van der Waals surface area contributed by atoms with Crippen molar-refractivity contribution in [2.75, 3.05) is 59.5 Å². The summed E-state index contributed by atoms with van der Waals surface area (Å²) < 4.78 is 102. The zero-order valence-electron chi connectivity index (χ0n) is 58.4. The lowest BCUT2D eigenvalue weighted by atomic mass is 9.78. The van der Waals surface area contributed by atoms with E-state index >= 15 is 0 Å². The van der Waals surface area contributed by atoms with Crippen molar-refractivity contribution >= 4 is 0 Å². The Morgan fingerprint density at radius 3 is 0.784 bits per heavy atom. The van der Waals surface area contributed by atoms with Gasteiger partial charge in [0.1, 0.15) is 238 Å². The minimum absolute atomic E-state index is 0.862. The van der Waals surface area contributed by atoms with E-state index in [2.05, 4.69) is 5.32 Å². The van der Waals surface area contributed by atoms with E-state index < -0.39 is 372 Å². The second-order valence-electron chi connectivity index (χ2n) is 29.0. The Hall–Kier alpha value is -2.00. The summed E-state index contributed by atoms with van der Waals surface area (Å²) in [6.07, 6.45) is -93.2. The highest BCUT2D eigenvalue weighted by Crippen LogP contribution is 2.51. The molecule has 51 atom stereocenters. The molecule has 11 aliphatic rings. The lowest BCUT2D eigenvalue weighted by molar-refractivity contribution is -0.391. The molecule has 10 heterocycles. The van der Waals surface area contributed by atoms with Gasteiger partial charge in [0.05, 0.1) is 77.6 Å². The molecule has 646 valence electrons. The summed E-state index contributed by atoms with van der Waals surface area (Å²) >= 11 is 0. The number of aliphatic hydroxyl groups is 31. The molecule has 11 fully saturated rings. The first kappa shape index (κ1) is 89.8. The normalized spacial score (nSPS) is 55.4. The van der Waals surface area contributed by atoms with Crippen LogP contribution in [0, 0.1) is 0 Å². The van der Waals surface area contributed by atoms with Crippen LogP contribution >= 0.6 is 0 Å². The van der Waals surface area contributed by atoms with E-state index in [1.165, 1.54) is 6.92 Å². The standard InChI is InChI=1S/C61H103NO49/c1-11-20(23(73)35(85)53(94-11)103-44-14(4-65)97-56(37(87)27(44)77)106-47-17(7-68)100-58(40(90)30(47)80)107-46-16(6-67)98-55(38(88)29(46)79)104-43-13(3-64)95-52(93)34(84)26(43)76)62-21-24(74)33(83)51(61(10-71)50(21)111-61)110-60-42(92)32(82)49(19(9-70)102-60)109-59-41(91)31(81)48(18(8-69)101-59)108-57-39(89)28(78)45(15(5-66)99-57)105-54-36(86)25(75)22(72)12(2-63)96-54/h11-60,62-93H,2-10H2,1H3. The number of fused-ring (bicyclic) bond motifs is 1. The molecule has 51 unspecified atom stereocenters. The minimum Gasteiger partial charge on any atom is -0.394 e. The first-order valence-corrected chi connectivity index (χ1v) is 35.7. The van der Waals surface area contributed by atoms with Crippen molar-refractivity contribution in [3.8, 4) is 0 Å². The Bertz CT molecular complexity index is 2870. The molecule has 10 saturated heterocycles. The van der Waals surface area contributed by atoms with Gasteiger partial charge in [0, 0.05) is 0 Å². The van der Waals surface area contributed by atoms with Crippen molar-refractivity contribution in [1.29, 1.82) is 0 Å². The third-order valence-corrected chi connectivity index (χ3v) is 22.0. The summed E-state index contributed by atoms with van der Waals surface area (Å²) in [6.45, 7) is -7.76. The van der Waals surface area contributed by atoms with Gasteiger partial charge >= 0.3 is 0 Å². The van der Waals surface area contributed by atoms with Crippen molar-refractivity contribution < 1.29 is 244 Å². The molecule has 0 aromatic heterocycles. The van der Waals surface area contributed by atoms with Gasteiger partial charge in [0.2, 0.25) is 0 Å². The SMILES string of the molecule is CC1OC(OC2C(CO)OC(OC3C(CO)OC(OC4C(CO)OC(OC5C(CO)OC(O)C(O)C5O)C(O)C4O)C(O)C3O)C(O)C2O)C(O)C(O)C1NC1C(O)C(O)C(OC2OC(CO)C(OC3OC(CO)C(OC4OC(CO)C(OC5OC(CO)C(O)C(O)C5O)C(O)C4O)C(O)C3O)C(O)C2O)C2(CO)OC12. The fourth-order valence-corrected chi connectivity index (χ4v) is 15.5. The molecule has 50 nitrogen and oxygen atoms in total. The first-order valence-electron chi connectivity index (χ1n) is 35.7. The van der Waals surface area contributed by atoms with E-state index in [0.29, 0.717) is 0 Å². The van der Waals surface area contributed by atoms with Gasteiger partial charge in [-0.15, -0.1) is 0 Å². The Balaban J connectivity index is 0.660.